The van der Waals surface area contributed by atoms with Gasteiger partial charge in [-0.15, -0.1) is 0 Å². The lowest BCUT2D eigenvalue weighted by Crippen LogP contribution is -2.29. The van der Waals surface area contributed by atoms with Crippen molar-refractivity contribution in [1.29, 1.82) is 0 Å². The summed E-state index contributed by atoms with van der Waals surface area (Å²) in [5.41, 5.74) is 1.98. The maximum Gasteiger partial charge on any atom is 0.291 e. The van der Waals surface area contributed by atoms with Crippen molar-refractivity contribution in [1.82, 2.24) is 14.7 Å². The molecule has 1 aliphatic heterocycles. The number of nitrogens with one attached hydrogen (secondary N) is 1. The van der Waals surface area contributed by atoms with Crippen LogP contribution in [0.4, 0.5) is 5.69 Å². The summed E-state index contributed by atoms with van der Waals surface area (Å²) in [5.74, 6) is 0.781. The Hall–Kier alpha value is -2.86. The Morgan fingerprint density at radius 2 is 1.89 bits per heavy atom. The second-order valence-corrected chi connectivity index (χ2v) is 6.92. The fourth-order valence-corrected chi connectivity index (χ4v) is 3.46. The van der Waals surface area contributed by atoms with Gasteiger partial charge in [0.25, 0.3) is 5.91 Å². The smallest absolute Gasteiger partial charge is 0.291 e. The van der Waals surface area contributed by atoms with Crippen LogP contribution >= 0.6 is 0 Å². The minimum absolute atomic E-state index is 0.229. The van der Waals surface area contributed by atoms with E-state index < -0.39 is 0 Å². The second-order valence-electron chi connectivity index (χ2n) is 6.92. The number of para-hydroxylation sites is 1. The highest BCUT2D eigenvalue weighted by atomic mass is 16.4. The number of piperidine rings is 1. The fourth-order valence-electron chi connectivity index (χ4n) is 3.46. The van der Waals surface area contributed by atoms with Crippen LogP contribution in [0.5, 0.6) is 0 Å². The summed E-state index contributed by atoms with van der Waals surface area (Å²) in [6.07, 6.45) is 7.39. The molecule has 3 heterocycles. The van der Waals surface area contributed by atoms with Crippen molar-refractivity contribution in [3.63, 3.8) is 0 Å². The SMILES string of the molecule is O=C(Nc1ccccc1CN1CCCCC1)c1ccc(Cn2cccn2)o1. The Morgan fingerprint density at radius 1 is 1.04 bits per heavy atom. The zero-order chi connectivity index (χ0) is 18.5. The molecule has 0 radical (unpaired) electrons. The molecule has 0 aliphatic carbocycles. The molecule has 0 bridgehead atoms. The first-order valence-corrected chi connectivity index (χ1v) is 9.46. The summed E-state index contributed by atoms with van der Waals surface area (Å²) in [6.45, 7) is 3.61. The van der Waals surface area contributed by atoms with Gasteiger partial charge in [0.15, 0.2) is 5.76 Å². The summed E-state index contributed by atoms with van der Waals surface area (Å²) in [4.78, 5) is 15.1. The minimum Gasteiger partial charge on any atom is -0.454 e. The Bertz CT molecular complexity index is 879. The number of rotatable bonds is 6. The number of nitrogens with zero attached hydrogens (tertiary/aromatic N) is 3. The number of anilines is 1. The van der Waals surface area contributed by atoms with Crippen LogP contribution < -0.4 is 5.32 Å². The largest absolute Gasteiger partial charge is 0.454 e. The first kappa shape index (κ1) is 17.5. The number of furan rings is 1. The summed E-state index contributed by atoms with van der Waals surface area (Å²) in [7, 11) is 0. The highest BCUT2D eigenvalue weighted by Crippen LogP contribution is 2.21. The first-order valence-electron chi connectivity index (χ1n) is 9.46. The molecule has 0 spiro atoms. The molecule has 1 aliphatic rings. The maximum absolute atomic E-state index is 12.6. The maximum atomic E-state index is 12.6. The molecular formula is C21H24N4O2. The highest BCUT2D eigenvalue weighted by molar-refractivity contribution is 6.02. The number of hydrogen-bond donors (Lipinski definition) is 1. The van der Waals surface area contributed by atoms with Gasteiger partial charge < -0.3 is 9.73 Å². The fraction of sp³-hybridized carbons (Fsp3) is 0.333. The summed E-state index contributed by atoms with van der Waals surface area (Å²) in [5, 5.41) is 7.16. The van der Waals surface area contributed by atoms with Crippen LogP contribution in [0.3, 0.4) is 0 Å². The second kappa shape index (κ2) is 8.22. The summed E-state index contributed by atoms with van der Waals surface area (Å²) in [6, 6.07) is 13.4. The van der Waals surface area contributed by atoms with Crippen molar-refractivity contribution in [2.45, 2.75) is 32.4 Å². The lowest BCUT2D eigenvalue weighted by Gasteiger charge is -2.27. The normalized spacial score (nSPS) is 15.0. The van der Waals surface area contributed by atoms with Crippen molar-refractivity contribution in [3.8, 4) is 0 Å². The number of hydrogen-bond acceptors (Lipinski definition) is 4. The van der Waals surface area contributed by atoms with Crippen LogP contribution in [0.1, 0.15) is 41.1 Å². The Labute approximate surface area is 158 Å². The lowest BCUT2D eigenvalue weighted by molar-refractivity contribution is 0.0994. The Morgan fingerprint density at radius 3 is 2.70 bits per heavy atom. The molecule has 140 valence electrons. The van der Waals surface area contributed by atoms with E-state index in [1.54, 1.807) is 16.9 Å². The molecule has 3 aromatic rings. The predicted molar refractivity (Wildman–Crippen MR) is 104 cm³/mol. The average Bonchev–Trinajstić information content (AvgIpc) is 3.37. The molecule has 0 unspecified atom stereocenters. The molecule has 2 aromatic heterocycles. The van der Waals surface area contributed by atoms with E-state index in [4.69, 9.17) is 4.42 Å². The van der Waals surface area contributed by atoms with E-state index in [0.717, 1.165) is 30.9 Å². The van der Waals surface area contributed by atoms with Gasteiger partial charge in [0.2, 0.25) is 0 Å². The average molecular weight is 364 g/mol. The first-order chi connectivity index (χ1) is 13.3. The van der Waals surface area contributed by atoms with Crippen LogP contribution in [0.15, 0.2) is 59.3 Å². The molecular weight excluding hydrogens is 340 g/mol. The molecule has 27 heavy (non-hydrogen) atoms. The van der Waals surface area contributed by atoms with Gasteiger partial charge >= 0.3 is 0 Å². The monoisotopic (exact) mass is 364 g/mol. The van der Waals surface area contributed by atoms with Gasteiger partial charge in [0.1, 0.15) is 5.76 Å². The van der Waals surface area contributed by atoms with Crippen molar-refractivity contribution in [2.75, 3.05) is 18.4 Å². The van der Waals surface area contributed by atoms with Crippen molar-refractivity contribution in [2.24, 2.45) is 0 Å². The molecule has 1 saturated heterocycles. The molecule has 0 saturated carbocycles. The quantitative estimate of drug-likeness (QED) is 0.723. The number of carbonyl (C=O) groups is 1. The van der Waals surface area contributed by atoms with Crippen LogP contribution in [0.25, 0.3) is 0 Å². The number of aromatic nitrogens is 2. The third-order valence-electron chi connectivity index (χ3n) is 4.87. The summed E-state index contributed by atoms with van der Waals surface area (Å²) >= 11 is 0. The third-order valence-corrected chi connectivity index (χ3v) is 4.87. The zero-order valence-electron chi connectivity index (χ0n) is 15.3. The van der Waals surface area contributed by atoms with Crippen LogP contribution in [-0.4, -0.2) is 33.7 Å². The van der Waals surface area contributed by atoms with E-state index in [2.05, 4.69) is 21.4 Å². The van der Waals surface area contributed by atoms with E-state index in [1.165, 1.54) is 19.3 Å². The van der Waals surface area contributed by atoms with Crippen LogP contribution in [0.2, 0.25) is 0 Å². The number of likely N-dealkylation sites (tertiary alicyclic amines) is 1. The van der Waals surface area contributed by atoms with E-state index in [-0.39, 0.29) is 5.91 Å². The molecule has 1 aromatic carbocycles. The predicted octanol–water partition coefficient (Wildman–Crippen LogP) is 3.76. The standard InChI is InChI=1S/C21H24N4O2/c26-21(20-10-9-18(27-20)16-25-14-6-11-22-25)23-19-8-3-2-7-17(19)15-24-12-4-1-5-13-24/h2-3,6-11,14H,1,4-5,12-13,15-16H2,(H,23,26). The number of amides is 1. The van der Waals surface area contributed by atoms with Gasteiger partial charge in [-0.1, -0.05) is 24.6 Å². The molecule has 1 fully saturated rings. The van der Waals surface area contributed by atoms with Gasteiger partial charge in [0.05, 0.1) is 6.54 Å². The minimum atomic E-state index is -0.229. The molecule has 4 rings (SSSR count). The van der Waals surface area contributed by atoms with Gasteiger partial charge in [-0.2, -0.15) is 5.10 Å². The van der Waals surface area contributed by atoms with Gasteiger partial charge in [0, 0.05) is 24.6 Å². The van der Waals surface area contributed by atoms with E-state index in [1.807, 2.05) is 36.5 Å². The van der Waals surface area contributed by atoms with E-state index in [9.17, 15) is 4.79 Å². The van der Waals surface area contributed by atoms with Gasteiger partial charge in [-0.3, -0.25) is 14.4 Å². The van der Waals surface area contributed by atoms with Gasteiger partial charge in [-0.25, -0.2) is 0 Å². The van der Waals surface area contributed by atoms with Gasteiger partial charge in [-0.05, 0) is 55.8 Å². The highest BCUT2D eigenvalue weighted by Gasteiger charge is 2.16. The third kappa shape index (κ3) is 4.46. The Balaban J connectivity index is 1.43. The molecule has 6 heteroatoms. The van der Waals surface area contributed by atoms with E-state index in [0.29, 0.717) is 18.1 Å². The molecule has 1 amide bonds. The van der Waals surface area contributed by atoms with E-state index >= 15 is 0 Å². The number of benzene rings is 1. The van der Waals surface area contributed by atoms with Crippen LogP contribution in [0, 0.1) is 0 Å². The lowest BCUT2D eigenvalue weighted by atomic mass is 10.1. The summed E-state index contributed by atoms with van der Waals surface area (Å²) < 4.78 is 7.46. The Kier molecular flexibility index (Phi) is 5.34. The van der Waals surface area contributed by atoms with Crippen molar-refractivity contribution in [3.05, 3.63) is 71.9 Å². The van der Waals surface area contributed by atoms with Crippen molar-refractivity contribution < 1.29 is 9.21 Å². The zero-order valence-corrected chi connectivity index (χ0v) is 15.3. The molecule has 6 nitrogen and oxygen atoms in total. The number of carbonyl (C=O) groups excluding carboxylic acids is 1. The van der Waals surface area contributed by atoms with Crippen molar-refractivity contribution >= 4 is 11.6 Å². The van der Waals surface area contributed by atoms with Crippen LogP contribution in [-0.2, 0) is 13.1 Å². The molecule has 1 N–H and O–H groups in total. The topological polar surface area (TPSA) is 63.3 Å². The molecule has 0 atom stereocenters.